The predicted octanol–water partition coefficient (Wildman–Crippen LogP) is 7.52. The number of amides is 2. The van der Waals surface area contributed by atoms with Gasteiger partial charge >= 0.3 is 5.97 Å². The number of piperazine rings is 1. The topological polar surface area (TPSA) is 99.2 Å². The molecule has 0 spiro atoms. The van der Waals surface area contributed by atoms with Crippen molar-refractivity contribution in [2.75, 3.05) is 26.2 Å². The van der Waals surface area contributed by atoms with Crippen LogP contribution in [0.5, 0.6) is 5.75 Å². The number of benzene rings is 3. The first kappa shape index (κ1) is 37.5. The molecule has 50 heavy (non-hydrogen) atoms. The average molecular weight is 769 g/mol. The Morgan fingerprint density at radius 3 is 2.54 bits per heavy atom. The summed E-state index contributed by atoms with van der Waals surface area (Å²) in [5, 5.41) is 13.8. The highest BCUT2D eigenvalue weighted by atomic mass is 79.9. The highest BCUT2D eigenvalue weighted by molar-refractivity contribution is 9.10. The Hall–Kier alpha value is -3.73. The van der Waals surface area contributed by atoms with Crippen LogP contribution in [0.1, 0.15) is 63.1 Å². The summed E-state index contributed by atoms with van der Waals surface area (Å²) in [5.41, 5.74) is 3.53. The van der Waals surface area contributed by atoms with Crippen molar-refractivity contribution in [3.63, 3.8) is 0 Å². The summed E-state index contributed by atoms with van der Waals surface area (Å²) in [5.74, 6) is -1.02. The SMILES string of the molecule is CCN(Cc1ccccc1Cl)C(=O)C1=C(c2ccc(CCCOc3cc(F)ccc3Br)cc2)C[C@@H]2CN(C(=O)CCC(C)(C)C(=O)O)C[C@H]1N2. The lowest BCUT2D eigenvalue weighted by Crippen LogP contribution is -2.62. The zero-order valence-corrected chi connectivity index (χ0v) is 31.0. The third-order valence-corrected chi connectivity index (χ3v) is 10.6. The van der Waals surface area contributed by atoms with E-state index < -0.39 is 11.4 Å². The fourth-order valence-corrected chi connectivity index (χ4v) is 7.06. The van der Waals surface area contributed by atoms with Crippen molar-refractivity contribution >= 4 is 50.9 Å². The van der Waals surface area contributed by atoms with Crippen LogP contribution >= 0.6 is 27.5 Å². The van der Waals surface area contributed by atoms with Crippen LogP contribution in [0.4, 0.5) is 4.39 Å². The molecule has 1 fully saturated rings. The smallest absolute Gasteiger partial charge is 0.309 e. The number of aryl methyl sites for hydroxylation is 1. The normalized spacial score (nSPS) is 17.4. The number of fused-ring (bicyclic) bond motifs is 2. The number of aliphatic carboxylic acids is 1. The second-order valence-corrected chi connectivity index (χ2v) is 14.9. The van der Waals surface area contributed by atoms with E-state index in [-0.39, 0.29) is 42.6 Å². The number of carboxylic acid groups (broad SMARTS) is 1. The molecule has 2 atom stereocenters. The van der Waals surface area contributed by atoms with Crippen molar-refractivity contribution in [3.05, 3.63) is 104 Å². The van der Waals surface area contributed by atoms with Gasteiger partial charge in [-0.15, -0.1) is 0 Å². The molecule has 0 unspecified atom stereocenters. The number of hydrogen-bond acceptors (Lipinski definition) is 5. The zero-order chi connectivity index (χ0) is 36.0. The molecule has 2 heterocycles. The summed E-state index contributed by atoms with van der Waals surface area (Å²) in [4.78, 5) is 43.1. The van der Waals surface area contributed by atoms with E-state index in [9.17, 15) is 23.9 Å². The van der Waals surface area contributed by atoms with Crippen LogP contribution in [0, 0.1) is 11.2 Å². The maximum atomic E-state index is 14.5. The fraction of sp³-hybridized carbons (Fsp3) is 0.410. The Kier molecular flexibility index (Phi) is 12.4. The van der Waals surface area contributed by atoms with E-state index in [0.717, 1.165) is 35.1 Å². The molecular weight excluding hydrogens is 725 g/mol. The molecule has 2 amide bonds. The van der Waals surface area contributed by atoms with Crippen LogP contribution in [-0.2, 0) is 27.3 Å². The third kappa shape index (κ3) is 9.13. The number of carboxylic acids is 1. The molecule has 2 aliphatic rings. The Morgan fingerprint density at radius 2 is 1.84 bits per heavy atom. The minimum atomic E-state index is -1.01. The first-order valence-corrected chi connectivity index (χ1v) is 18.2. The van der Waals surface area contributed by atoms with Crippen LogP contribution in [0.15, 0.2) is 76.8 Å². The number of hydrogen-bond donors (Lipinski definition) is 2. The minimum Gasteiger partial charge on any atom is -0.492 e. The van der Waals surface area contributed by atoms with Crippen LogP contribution < -0.4 is 10.1 Å². The second kappa shape index (κ2) is 16.5. The molecule has 0 saturated carbocycles. The molecule has 2 bridgehead atoms. The van der Waals surface area contributed by atoms with Gasteiger partial charge in [-0.05, 0) is 103 Å². The molecule has 3 aromatic carbocycles. The van der Waals surface area contributed by atoms with Gasteiger partial charge < -0.3 is 25.0 Å². The van der Waals surface area contributed by atoms with E-state index >= 15 is 0 Å². The number of likely N-dealkylation sites (N-methyl/N-ethyl adjacent to an activating group) is 1. The summed E-state index contributed by atoms with van der Waals surface area (Å²) >= 11 is 9.89. The maximum Gasteiger partial charge on any atom is 0.309 e. The molecule has 1 saturated heterocycles. The molecular formula is C39H44BrClFN3O5. The number of halogens is 3. The van der Waals surface area contributed by atoms with Gasteiger partial charge in [0, 0.05) is 55.3 Å². The van der Waals surface area contributed by atoms with E-state index in [2.05, 4.69) is 45.5 Å². The van der Waals surface area contributed by atoms with Gasteiger partial charge in [-0.25, -0.2) is 4.39 Å². The standard InChI is InChI=1S/C39H44BrClFN3O5/c1-4-44(22-27-9-5-6-10-32(27)41)37(47)36-30(21-29-23-45(24-33(36)43-29)35(46)17-18-39(2,3)38(48)49)26-13-11-25(12-14-26)8-7-19-50-34-20-28(42)15-16-31(34)40/h5-6,9-16,20,29,33,43H,4,7-8,17-19,21-24H2,1-3H3,(H,48,49)/t29-,33-/m1/s1. The maximum absolute atomic E-state index is 14.5. The van der Waals surface area contributed by atoms with Gasteiger partial charge in [0.25, 0.3) is 5.91 Å². The van der Waals surface area contributed by atoms with Gasteiger partial charge in [0.2, 0.25) is 5.91 Å². The van der Waals surface area contributed by atoms with Crippen LogP contribution in [0.3, 0.4) is 0 Å². The largest absolute Gasteiger partial charge is 0.492 e. The second-order valence-electron chi connectivity index (χ2n) is 13.6. The molecule has 5 rings (SSSR count). The van der Waals surface area contributed by atoms with E-state index in [4.69, 9.17) is 16.3 Å². The van der Waals surface area contributed by atoms with Gasteiger partial charge in [-0.3, -0.25) is 14.4 Å². The van der Waals surface area contributed by atoms with E-state index in [0.29, 0.717) is 60.0 Å². The summed E-state index contributed by atoms with van der Waals surface area (Å²) in [6.07, 6.45) is 2.42. The molecule has 2 N–H and O–H groups in total. The lowest BCUT2D eigenvalue weighted by atomic mass is 9.82. The first-order chi connectivity index (χ1) is 23.9. The summed E-state index contributed by atoms with van der Waals surface area (Å²) < 4.78 is 20.1. The molecule has 11 heteroatoms. The predicted molar refractivity (Wildman–Crippen MR) is 196 cm³/mol. The monoisotopic (exact) mass is 767 g/mol. The number of carbonyl (C=O) groups excluding carboxylic acids is 2. The highest BCUT2D eigenvalue weighted by Crippen LogP contribution is 2.35. The molecule has 0 aromatic heterocycles. The quantitative estimate of drug-likeness (QED) is 0.165. The molecule has 0 radical (unpaired) electrons. The number of nitrogens with zero attached hydrogens (tertiary/aromatic N) is 2. The number of carbonyl (C=O) groups is 3. The van der Waals surface area contributed by atoms with Crippen molar-refractivity contribution < 1.29 is 28.6 Å². The number of nitrogens with one attached hydrogen (secondary N) is 1. The van der Waals surface area contributed by atoms with Gasteiger partial charge in [0.15, 0.2) is 0 Å². The molecule has 2 aliphatic heterocycles. The van der Waals surface area contributed by atoms with E-state index in [1.807, 2.05) is 31.2 Å². The Balaban J connectivity index is 1.36. The van der Waals surface area contributed by atoms with Crippen molar-refractivity contribution in [1.29, 1.82) is 0 Å². The third-order valence-electron chi connectivity index (χ3n) is 9.58. The summed E-state index contributed by atoms with van der Waals surface area (Å²) in [7, 11) is 0. The Labute approximate surface area is 306 Å². The van der Waals surface area contributed by atoms with Crippen molar-refractivity contribution in [3.8, 4) is 5.75 Å². The van der Waals surface area contributed by atoms with Gasteiger partial charge in [0.05, 0.1) is 22.5 Å². The van der Waals surface area contributed by atoms with E-state index in [1.54, 1.807) is 29.7 Å². The van der Waals surface area contributed by atoms with E-state index in [1.165, 1.54) is 12.1 Å². The lowest BCUT2D eigenvalue weighted by Gasteiger charge is -2.45. The summed E-state index contributed by atoms with van der Waals surface area (Å²) in [6.45, 7) is 7.25. The van der Waals surface area contributed by atoms with Crippen LogP contribution in [0.2, 0.25) is 5.02 Å². The Bertz CT molecular complexity index is 1750. The minimum absolute atomic E-state index is 0.0608. The molecule has 266 valence electrons. The van der Waals surface area contributed by atoms with Gasteiger partial charge in [-0.1, -0.05) is 54.1 Å². The van der Waals surface area contributed by atoms with Crippen molar-refractivity contribution in [2.24, 2.45) is 5.41 Å². The van der Waals surface area contributed by atoms with Crippen LogP contribution in [-0.4, -0.2) is 71.0 Å². The van der Waals surface area contributed by atoms with Crippen molar-refractivity contribution in [2.45, 2.75) is 71.5 Å². The van der Waals surface area contributed by atoms with Crippen molar-refractivity contribution in [1.82, 2.24) is 15.1 Å². The van der Waals surface area contributed by atoms with Gasteiger partial charge in [-0.2, -0.15) is 0 Å². The summed E-state index contributed by atoms with van der Waals surface area (Å²) in [6, 6.07) is 19.7. The Morgan fingerprint density at radius 1 is 1.10 bits per heavy atom. The zero-order valence-electron chi connectivity index (χ0n) is 28.7. The number of ether oxygens (including phenoxy) is 1. The molecule has 0 aliphatic carbocycles. The lowest BCUT2D eigenvalue weighted by molar-refractivity contribution is -0.148. The number of rotatable bonds is 14. The fourth-order valence-electron chi connectivity index (χ4n) is 6.50. The average Bonchev–Trinajstić information content (AvgIpc) is 3.09. The van der Waals surface area contributed by atoms with Gasteiger partial charge in [0.1, 0.15) is 11.6 Å². The highest BCUT2D eigenvalue weighted by Gasteiger charge is 2.41. The molecule has 8 nitrogen and oxygen atoms in total. The first-order valence-electron chi connectivity index (χ1n) is 17.1. The van der Waals surface area contributed by atoms with Crippen LogP contribution in [0.25, 0.3) is 5.57 Å². The molecule has 3 aromatic rings.